The van der Waals surface area contributed by atoms with Crippen molar-refractivity contribution in [2.45, 2.75) is 44.6 Å². The van der Waals surface area contributed by atoms with Crippen LogP contribution in [0, 0.1) is 0 Å². The van der Waals surface area contributed by atoms with Crippen LogP contribution in [0.3, 0.4) is 0 Å². The van der Waals surface area contributed by atoms with Gasteiger partial charge in [-0.15, -0.1) is 0 Å². The second-order valence-electron chi connectivity index (χ2n) is 7.42. The summed E-state index contributed by atoms with van der Waals surface area (Å²) in [5, 5.41) is 4.18. The van der Waals surface area contributed by atoms with E-state index in [1.807, 2.05) is 12.1 Å². The van der Waals surface area contributed by atoms with Gasteiger partial charge < -0.3 is 4.84 Å². The van der Waals surface area contributed by atoms with Crippen LogP contribution in [0.25, 0.3) is 11.1 Å². The van der Waals surface area contributed by atoms with E-state index in [1.54, 1.807) is 0 Å². The Labute approximate surface area is 167 Å². The summed E-state index contributed by atoms with van der Waals surface area (Å²) in [5.74, 6) is 0.631. The van der Waals surface area contributed by atoms with Crippen molar-refractivity contribution in [3.05, 3.63) is 95.6 Å². The van der Waals surface area contributed by atoms with Gasteiger partial charge in [-0.1, -0.05) is 103 Å². The molecule has 28 heavy (non-hydrogen) atoms. The third-order valence-electron chi connectivity index (χ3n) is 5.56. The molecule has 1 saturated carbocycles. The highest BCUT2D eigenvalue weighted by Gasteiger charge is 2.17. The summed E-state index contributed by atoms with van der Waals surface area (Å²) in [4.78, 5) is 5.64. The first kappa shape index (κ1) is 18.5. The number of hydrogen-bond acceptors (Lipinski definition) is 2. The minimum Gasteiger partial charge on any atom is -0.390 e. The summed E-state index contributed by atoms with van der Waals surface area (Å²) < 4.78 is 0. The van der Waals surface area contributed by atoms with Gasteiger partial charge >= 0.3 is 0 Å². The number of rotatable bonds is 6. The summed E-state index contributed by atoms with van der Waals surface area (Å²) in [5.41, 5.74) is 5.92. The molecule has 141 valence electrons. The summed E-state index contributed by atoms with van der Waals surface area (Å²) in [6.45, 7) is 0.434. The Morgan fingerprint density at radius 1 is 0.786 bits per heavy atom. The highest BCUT2D eigenvalue weighted by atomic mass is 16.6. The molecular formula is C26H26NO. The van der Waals surface area contributed by atoms with Gasteiger partial charge in [0, 0.05) is 5.56 Å². The molecule has 1 aliphatic rings. The molecule has 0 atom stereocenters. The lowest BCUT2D eigenvalue weighted by molar-refractivity contribution is 0.132. The van der Waals surface area contributed by atoms with Gasteiger partial charge in [0.05, 0.1) is 0 Å². The second kappa shape index (κ2) is 9.36. The molecule has 1 radical (unpaired) electrons. The molecule has 2 heteroatoms. The molecule has 0 spiro atoms. The van der Waals surface area contributed by atoms with Crippen molar-refractivity contribution in [1.29, 1.82) is 0 Å². The van der Waals surface area contributed by atoms with Gasteiger partial charge in [-0.2, -0.15) is 0 Å². The SMILES string of the molecule is [C](=N\OCc1ccccc1-c1ccccc1)/c1ccccc1C1CCCCC1. The van der Waals surface area contributed by atoms with E-state index in [0.717, 1.165) is 11.1 Å². The lowest BCUT2D eigenvalue weighted by Gasteiger charge is -2.23. The molecule has 0 aliphatic heterocycles. The van der Waals surface area contributed by atoms with E-state index in [1.165, 1.54) is 48.8 Å². The fourth-order valence-electron chi connectivity index (χ4n) is 4.10. The normalized spacial score (nSPS) is 15.0. The van der Waals surface area contributed by atoms with Gasteiger partial charge in [-0.3, -0.25) is 0 Å². The molecule has 0 amide bonds. The van der Waals surface area contributed by atoms with Gasteiger partial charge in [0.1, 0.15) is 12.8 Å². The van der Waals surface area contributed by atoms with E-state index in [0.29, 0.717) is 12.5 Å². The number of hydrogen-bond donors (Lipinski definition) is 0. The van der Waals surface area contributed by atoms with Crippen molar-refractivity contribution in [1.82, 2.24) is 0 Å². The monoisotopic (exact) mass is 368 g/mol. The standard InChI is InChI=1S/C26H26NO/c1-3-11-21(12-4-1)25-17-9-7-15-23(25)19-27-28-20-24-16-8-10-18-26(24)22-13-5-2-6-14-22/h2,5-10,13-18,21H,1,3-4,11-12,20H2. The Morgan fingerprint density at radius 2 is 1.50 bits per heavy atom. The first-order valence-corrected chi connectivity index (χ1v) is 10.2. The van der Waals surface area contributed by atoms with E-state index in [4.69, 9.17) is 4.84 Å². The van der Waals surface area contributed by atoms with Crippen LogP contribution in [0.15, 0.2) is 84.0 Å². The minimum absolute atomic E-state index is 0.434. The first-order valence-electron chi connectivity index (χ1n) is 10.2. The molecule has 1 aliphatic carbocycles. The molecule has 1 fully saturated rings. The number of nitrogens with zero attached hydrogens (tertiary/aromatic N) is 1. The minimum atomic E-state index is 0.434. The van der Waals surface area contributed by atoms with Crippen molar-refractivity contribution in [3.8, 4) is 11.1 Å². The topological polar surface area (TPSA) is 21.6 Å². The Balaban J connectivity index is 1.45. The third kappa shape index (κ3) is 4.51. The molecule has 0 unspecified atom stereocenters. The highest BCUT2D eigenvalue weighted by Crippen LogP contribution is 2.34. The van der Waals surface area contributed by atoms with E-state index in [2.05, 4.69) is 78.1 Å². The Bertz CT molecular complexity index is 910. The molecule has 2 nitrogen and oxygen atoms in total. The number of benzene rings is 3. The van der Waals surface area contributed by atoms with Gasteiger partial charge in [0.25, 0.3) is 0 Å². The van der Waals surface area contributed by atoms with Crippen LogP contribution in [0.1, 0.15) is 54.7 Å². The summed E-state index contributed by atoms with van der Waals surface area (Å²) >= 11 is 0. The predicted octanol–water partition coefficient (Wildman–Crippen LogP) is 6.83. The summed E-state index contributed by atoms with van der Waals surface area (Å²) in [6.07, 6.45) is 9.68. The Morgan fingerprint density at radius 3 is 2.36 bits per heavy atom. The quantitative estimate of drug-likeness (QED) is 0.345. The third-order valence-corrected chi connectivity index (χ3v) is 5.56. The average molecular weight is 369 g/mol. The van der Waals surface area contributed by atoms with Gasteiger partial charge in [-0.25, -0.2) is 0 Å². The lowest BCUT2D eigenvalue weighted by Crippen LogP contribution is -2.07. The molecule has 3 aromatic rings. The average Bonchev–Trinajstić information content (AvgIpc) is 2.78. The summed E-state index contributed by atoms with van der Waals surface area (Å²) in [7, 11) is 0. The fourth-order valence-corrected chi connectivity index (χ4v) is 4.10. The van der Waals surface area contributed by atoms with Crippen LogP contribution in [0.4, 0.5) is 0 Å². The van der Waals surface area contributed by atoms with Crippen molar-refractivity contribution in [2.24, 2.45) is 5.16 Å². The second-order valence-corrected chi connectivity index (χ2v) is 7.42. The molecule has 3 aromatic carbocycles. The predicted molar refractivity (Wildman–Crippen MR) is 115 cm³/mol. The van der Waals surface area contributed by atoms with Gasteiger partial charge in [-0.05, 0) is 41.0 Å². The zero-order valence-electron chi connectivity index (χ0n) is 16.2. The molecule has 0 bridgehead atoms. The van der Waals surface area contributed by atoms with E-state index in [9.17, 15) is 0 Å². The van der Waals surface area contributed by atoms with Crippen LogP contribution in [-0.4, -0.2) is 6.21 Å². The maximum absolute atomic E-state index is 5.64. The van der Waals surface area contributed by atoms with Crippen LogP contribution in [0.2, 0.25) is 0 Å². The molecular weight excluding hydrogens is 342 g/mol. The van der Waals surface area contributed by atoms with Crippen molar-refractivity contribution >= 4 is 6.21 Å². The largest absolute Gasteiger partial charge is 0.390 e. The van der Waals surface area contributed by atoms with E-state index >= 15 is 0 Å². The molecule has 4 rings (SSSR count). The molecule has 0 heterocycles. The van der Waals surface area contributed by atoms with Gasteiger partial charge in [0.15, 0.2) is 0 Å². The van der Waals surface area contributed by atoms with Crippen molar-refractivity contribution in [2.75, 3.05) is 0 Å². The Kier molecular flexibility index (Phi) is 6.18. The smallest absolute Gasteiger partial charge is 0.142 e. The van der Waals surface area contributed by atoms with Crippen LogP contribution >= 0.6 is 0 Å². The van der Waals surface area contributed by atoms with Crippen LogP contribution in [0.5, 0.6) is 0 Å². The maximum Gasteiger partial charge on any atom is 0.142 e. The van der Waals surface area contributed by atoms with E-state index < -0.39 is 0 Å². The highest BCUT2D eigenvalue weighted by molar-refractivity contribution is 5.81. The summed E-state index contributed by atoms with van der Waals surface area (Å²) in [6, 6.07) is 27.2. The van der Waals surface area contributed by atoms with Gasteiger partial charge in [0.2, 0.25) is 0 Å². The fraction of sp³-hybridized carbons (Fsp3) is 0.269. The molecule has 0 aromatic heterocycles. The maximum atomic E-state index is 5.64. The zero-order valence-corrected chi connectivity index (χ0v) is 16.2. The lowest BCUT2D eigenvalue weighted by atomic mass is 9.82. The molecule has 0 saturated heterocycles. The molecule has 0 N–H and O–H groups in total. The van der Waals surface area contributed by atoms with Crippen LogP contribution < -0.4 is 0 Å². The van der Waals surface area contributed by atoms with Crippen LogP contribution in [-0.2, 0) is 11.4 Å². The van der Waals surface area contributed by atoms with Crippen molar-refractivity contribution in [3.63, 3.8) is 0 Å². The van der Waals surface area contributed by atoms with E-state index in [-0.39, 0.29) is 0 Å². The van der Waals surface area contributed by atoms with Crippen molar-refractivity contribution < 1.29 is 4.84 Å². The Hall–Kier alpha value is -2.87. The first-order chi connectivity index (χ1) is 13.9. The zero-order chi connectivity index (χ0) is 19.0.